The van der Waals surface area contributed by atoms with Crippen LogP contribution in [-0.4, -0.2) is 58.0 Å². The highest BCUT2D eigenvalue weighted by atomic mass is 35.5. The van der Waals surface area contributed by atoms with Crippen LogP contribution < -0.4 is 19.1 Å². The lowest BCUT2D eigenvalue weighted by atomic mass is 10.1. The van der Waals surface area contributed by atoms with Crippen LogP contribution in [0.2, 0.25) is 10.0 Å². The van der Waals surface area contributed by atoms with E-state index in [4.69, 9.17) is 32.7 Å². The molecule has 242 valence electrons. The van der Waals surface area contributed by atoms with Gasteiger partial charge < -0.3 is 19.7 Å². The summed E-state index contributed by atoms with van der Waals surface area (Å²) in [7, 11) is -1.43. The fourth-order valence-corrected chi connectivity index (χ4v) is 7.35. The van der Waals surface area contributed by atoms with Crippen LogP contribution in [-0.2, 0) is 26.2 Å². The molecule has 1 saturated carbocycles. The SMILES string of the molecule is CCC(C(=O)NC1CCCC1)N(Cc1ccc(Cl)cc1Cl)C(=O)CN(c1cc(OC)ccc1OC)S(=O)(=O)c1ccc(C)cc1. The number of hydrogen-bond acceptors (Lipinski definition) is 6. The van der Waals surface area contributed by atoms with Crippen LogP contribution in [0.4, 0.5) is 5.69 Å². The maximum absolute atomic E-state index is 14.4. The van der Waals surface area contributed by atoms with Gasteiger partial charge in [-0.2, -0.15) is 0 Å². The van der Waals surface area contributed by atoms with Crippen molar-refractivity contribution >= 4 is 50.7 Å². The fourth-order valence-electron chi connectivity index (χ4n) is 5.46. The van der Waals surface area contributed by atoms with Crippen molar-refractivity contribution in [1.82, 2.24) is 10.2 Å². The van der Waals surface area contributed by atoms with Crippen molar-refractivity contribution in [3.8, 4) is 11.5 Å². The number of sulfonamides is 1. The molecule has 2 amide bonds. The average Bonchev–Trinajstić information content (AvgIpc) is 3.53. The van der Waals surface area contributed by atoms with E-state index in [-0.39, 0.29) is 34.8 Å². The molecule has 0 heterocycles. The number of nitrogens with one attached hydrogen (secondary N) is 1. The van der Waals surface area contributed by atoms with Crippen molar-refractivity contribution < 1.29 is 27.5 Å². The first-order valence-electron chi connectivity index (χ1n) is 14.8. The molecule has 1 aliphatic rings. The second-order valence-electron chi connectivity index (χ2n) is 11.0. The van der Waals surface area contributed by atoms with E-state index in [1.165, 1.54) is 37.3 Å². The highest BCUT2D eigenvalue weighted by Crippen LogP contribution is 2.36. The first-order valence-corrected chi connectivity index (χ1v) is 17.0. The molecular weight excluding hydrogens is 637 g/mol. The topological polar surface area (TPSA) is 105 Å². The Bertz CT molecular complexity index is 1610. The first kappa shape index (κ1) is 34.4. The van der Waals surface area contributed by atoms with Gasteiger partial charge in [0.15, 0.2) is 0 Å². The van der Waals surface area contributed by atoms with Crippen LogP contribution in [0.5, 0.6) is 11.5 Å². The van der Waals surface area contributed by atoms with Gasteiger partial charge in [-0.3, -0.25) is 13.9 Å². The molecule has 1 N–H and O–H groups in total. The van der Waals surface area contributed by atoms with Gasteiger partial charge in [0.2, 0.25) is 11.8 Å². The van der Waals surface area contributed by atoms with Crippen molar-refractivity contribution in [3.05, 3.63) is 81.8 Å². The molecule has 3 aromatic carbocycles. The molecule has 0 radical (unpaired) electrons. The van der Waals surface area contributed by atoms with E-state index in [1.54, 1.807) is 42.5 Å². The van der Waals surface area contributed by atoms with Crippen LogP contribution >= 0.6 is 23.2 Å². The minimum absolute atomic E-state index is 0.0101. The smallest absolute Gasteiger partial charge is 0.264 e. The van der Waals surface area contributed by atoms with E-state index >= 15 is 0 Å². The average molecular weight is 677 g/mol. The highest BCUT2D eigenvalue weighted by molar-refractivity contribution is 7.92. The number of carbonyl (C=O) groups excluding carboxylic acids is 2. The highest BCUT2D eigenvalue weighted by Gasteiger charge is 2.36. The van der Waals surface area contributed by atoms with Crippen molar-refractivity contribution in [2.45, 2.75) is 69.5 Å². The molecule has 9 nitrogen and oxygen atoms in total. The lowest BCUT2D eigenvalue weighted by Gasteiger charge is -2.34. The Kier molecular flexibility index (Phi) is 11.6. The van der Waals surface area contributed by atoms with Crippen LogP contribution in [0.15, 0.2) is 65.6 Å². The van der Waals surface area contributed by atoms with Gasteiger partial charge in [-0.1, -0.05) is 66.7 Å². The number of methoxy groups -OCH3 is 2. The van der Waals surface area contributed by atoms with Gasteiger partial charge >= 0.3 is 0 Å². The lowest BCUT2D eigenvalue weighted by Crippen LogP contribution is -2.53. The van der Waals surface area contributed by atoms with E-state index in [0.29, 0.717) is 27.8 Å². The maximum atomic E-state index is 14.4. The van der Waals surface area contributed by atoms with Crippen molar-refractivity contribution in [2.75, 3.05) is 25.1 Å². The molecule has 0 bridgehead atoms. The van der Waals surface area contributed by atoms with Crippen LogP contribution in [0, 0.1) is 6.92 Å². The number of hydrogen-bond donors (Lipinski definition) is 1. The van der Waals surface area contributed by atoms with Gasteiger partial charge in [-0.05, 0) is 68.1 Å². The molecule has 0 saturated heterocycles. The predicted molar refractivity (Wildman–Crippen MR) is 177 cm³/mol. The zero-order valence-corrected chi connectivity index (χ0v) is 28.2. The fraction of sp³-hybridized carbons (Fsp3) is 0.394. The van der Waals surface area contributed by atoms with Crippen molar-refractivity contribution in [3.63, 3.8) is 0 Å². The number of benzene rings is 3. The third-order valence-electron chi connectivity index (χ3n) is 7.99. The molecule has 1 unspecified atom stereocenters. The number of carbonyl (C=O) groups is 2. The van der Waals surface area contributed by atoms with Gasteiger partial charge in [0.05, 0.1) is 24.8 Å². The van der Waals surface area contributed by atoms with Gasteiger partial charge in [0.1, 0.15) is 24.1 Å². The molecule has 0 aliphatic heterocycles. The van der Waals surface area contributed by atoms with Crippen molar-refractivity contribution in [1.29, 1.82) is 0 Å². The number of halogens is 2. The van der Waals surface area contributed by atoms with E-state index in [2.05, 4.69) is 5.32 Å². The Labute approximate surface area is 275 Å². The molecule has 0 spiro atoms. The number of ether oxygens (including phenoxy) is 2. The molecule has 1 aliphatic carbocycles. The van der Waals surface area contributed by atoms with E-state index in [9.17, 15) is 18.0 Å². The zero-order chi connectivity index (χ0) is 32.7. The summed E-state index contributed by atoms with van der Waals surface area (Å²) in [6, 6.07) is 15.1. The Morgan fingerprint density at radius 1 is 0.978 bits per heavy atom. The number of anilines is 1. The molecule has 1 atom stereocenters. The van der Waals surface area contributed by atoms with Gasteiger partial charge in [-0.25, -0.2) is 8.42 Å². The third kappa shape index (κ3) is 8.23. The number of rotatable bonds is 13. The Morgan fingerprint density at radius 2 is 1.67 bits per heavy atom. The molecule has 3 aromatic rings. The van der Waals surface area contributed by atoms with E-state index < -0.39 is 28.5 Å². The van der Waals surface area contributed by atoms with Gasteiger partial charge in [0, 0.05) is 28.7 Å². The summed E-state index contributed by atoms with van der Waals surface area (Å²) in [5.41, 5.74) is 1.55. The Balaban J connectivity index is 1.80. The van der Waals surface area contributed by atoms with Crippen LogP contribution in [0.25, 0.3) is 0 Å². The maximum Gasteiger partial charge on any atom is 0.264 e. The normalized spacial score (nSPS) is 14.1. The van der Waals surface area contributed by atoms with Crippen LogP contribution in [0.3, 0.4) is 0 Å². The summed E-state index contributed by atoms with van der Waals surface area (Å²) in [5, 5.41) is 3.85. The minimum atomic E-state index is -4.31. The molecule has 0 aromatic heterocycles. The summed E-state index contributed by atoms with van der Waals surface area (Å²) in [5.74, 6) is -0.308. The molecule has 12 heteroatoms. The zero-order valence-electron chi connectivity index (χ0n) is 25.9. The van der Waals surface area contributed by atoms with Crippen molar-refractivity contribution in [2.24, 2.45) is 0 Å². The summed E-state index contributed by atoms with van der Waals surface area (Å²) in [4.78, 5) is 29.5. The monoisotopic (exact) mass is 675 g/mol. The molecule has 1 fully saturated rings. The molecular formula is C33H39Cl2N3O6S. The van der Waals surface area contributed by atoms with Gasteiger partial charge in [-0.15, -0.1) is 0 Å². The second kappa shape index (κ2) is 15.2. The third-order valence-corrected chi connectivity index (χ3v) is 10.3. The summed E-state index contributed by atoms with van der Waals surface area (Å²) >= 11 is 12.7. The second-order valence-corrected chi connectivity index (χ2v) is 13.7. The lowest BCUT2D eigenvalue weighted by molar-refractivity contribution is -0.140. The first-order chi connectivity index (χ1) is 21.5. The van der Waals surface area contributed by atoms with Gasteiger partial charge in [0.25, 0.3) is 10.0 Å². The van der Waals surface area contributed by atoms with E-state index in [1.807, 2.05) is 13.8 Å². The minimum Gasteiger partial charge on any atom is -0.497 e. The Hall–Kier alpha value is -3.47. The largest absolute Gasteiger partial charge is 0.497 e. The quantitative estimate of drug-likeness (QED) is 0.225. The molecule has 45 heavy (non-hydrogen) atoms. The van der Waals surface area contributed by atoms with Crippen LogP contribution in [0.1, 0.15) is 50.2 Å². The number of nitrogens with zero attached hydrogens (tertiary/aromatic N) is 2. The summed E-state index contributed by atoms with van der Waals surface area (Å²) in [6.07, 6.45) is 4.09. The standard InChI is InChI=1S/C33H39Cl2N3O6S/c1-5-29(33(40)36-25-8-6-7-9-25)37(20-23-12-13-24(34)18-28(23)35)32(39)21-38(30-19-26(43-3)14-17-31(30)44-4)45(41,42)27-15-10-22(2)11-16-27/h10-19,25,29H,5-9,20-21H2,1-4H3,(H,36,40). The number of amides is 2. The Morgan fingerprint density at radius 3 is 2.27 bits per heavy atom. The summed E-state index contributed by atoms with van der Waals surface area (Å²) < 4.78 is 40.5. The van der Waals surface area contributed by atoms with E-state index in [0.717, 1.165) is 35.6 Å². The number of aryl methyl sites for hydroxylation is 1. The molecule has 4 rings (SSSR count). The predicted octanol–water partition coefficient (Wildman–Crippen LogP) is 6.38. The summed E-state index contributed by atoms with van der Waals surface area (Å²) in [6.45, 7) is 3.00.